The van der Waals surface area contributed by atoms with Crippen molar-refractivity contribution < 1.29 is 9.53 Å². The molecule has 0 atom stereocenters. The highest BCUT2D eigenvalue weighted by Gasteiger charge is 2.11. The van der Waals surface area contributed by atoms with E-state index in [1.807, 2.05) is 0 Å². The number of hydrogen-bond acceptors (Lipinski definition) is 2. The van der Waals surface area contributed by atoms with Crippen molar-refractivity contribution in [2.75, 3.05) is 0 Å². The van der Waals surface area contributed by atoms with Crippen LogP contribution in [-0.4, -0.2) is 5.97 Å². The van der Waals surface area contributed by atoms with Crippen LogP contribution in [0.4, 0.5) is 0 Å². The minimum atomic E-state index is -0.461. The summed E-state index contributed by atoms with van der Waals surface area (Å²) in [7, 11) is 0. The normalized spacial score (nSPS) is 9.81. The highest BCUT2D eigenvalue weighted by atomic mass is 35.5. The number of halogens is 1. The van der Waals surface area contributed by atoms with Gasteiger partial charge in [0.15, 0.2) is 0 Å². The van der Waals surface area contributed by atoms with Crippen LogP contribution in [0, 0.1) is 6.07 Å². The quantitative estimate of drug-likeness (QED) is 0.585. The number of esters is 1. The second-order valence-corrected chi connectivity index (χ2v) is 3.51. The van der Waals surface area contributed by atoms with E-state index in [-0.39, 0.29) is 0 Å². The predicted octanol–water partition coefficient (Wildman–Crippen LogP) is 3.36. The fourth-order valence-electron chi connectivity index (χ4n) is 1.23. The van der Waals surface area contributed by atoms with Gasteiger partial charge in [-0.15, -0.1) is 0 Å². The Labute approximate surface area is 98.4 Å². The van der Waals surface area contributed by atoms with Gasteiger partial charge in [-0.2, -0.15) is 0 Å². The summed E-state index contributed by atoms with van der Waals surface area (Å²) >= 11 is 5.88. The topological polar surface area (TPSA) is 26.3 Å². The third-order valence-electron chi connectivity index (χ3n) is 1.99. The fourth-order valence-corrected chi connectivity index (χ4v) is 1.44. The van der Waals surface area contributed by atoms with Gasteiger partial charge < -0.3 is 4.74 Å². The van der Waals surface area contributed by atoms with Crippen molar-refractivity contribution in [3.63, 3.8) is 0 Å². The van der Waals surface area contributed by atoms with Crippen molar-refractivity contribution in [1.82, 2.24) is 0 Å². The number of rotatable bonds is 2. The molecule has 0 amide bonds. The van der Waals surface area contributed by atoms with Crippen molar-refractivity contribution in [1.29, 1.82) is 0 Å². The molecule has 16 heavy (non-hydrogen) atoms. The molecule has 0 aliphatic rings. The standard InChI is InChI=1S/C13H8ClO2/c14-12-9-5-4-8-11(12)13(15)16-10-6-2-1-3-7-10/h2-9H. The van der Waals surface area contributed by atoms with E-state index < -0.39 is 5.97 Å². The summed E-state index contributed by atoms with van der Waals surface area (Å²) < 4.78 is 5.14. The Balaban J connectivity index is 2.19. The van der Waals surface area contributed by atoms with Crippen molar-refractivity contribution in [2.24, 2.45) is 0 Å². The number of carbonyl (C=O) groups is 1. The summed E-state index contributed by atoms with van der Waals surface area (Å²) in [5, 5.41) is 0.384. The lowest BCUT2D eigenvalue weighted by molar-refractivity contribution is 0.0735. The molecule has 2 aromatic rings. The molecule has 0 heterocycles. The summed E-state index contributed by atoms with van der Waals surface area (Å²) in [5.41, 5.74) is 0.358. The Morgan fingerprint density at radius 3 is 2.50 bits per heavy atom. The zero-order chi connectivity index (χ0) is 11.4. The minimum Gasteiger partial charge on any atom is -0.423 e. The summed E-state index contributed by atoms with van der Waals surface area (Å²) in [6.07, 6.45) is 0. The molecule has 0 saturated carbocycles. The first-order valence-corrected chi connectivity index (χ1v) is 5.08. The van der Waals surface area contributed by atoms with Gasteiger partial charge >= 0.3 is 5.97 Å². The van der Waals surface area contributed by atoms with Crippen molar-refractivity contribution >= 4 is 17.6 Å². The van der Waals surface area contributed by atoms with E-state index in [0.29, 0.717) is 16.3 Å². The van der Waals surface area contributed by atoms with Crippen molar-refractivity contribution in [3.8, 4) is 5.75 Å². The number of carbonyl (C=O) groups excluding carboxylic acids is 1. The van der Waals surface area contributed by atoms with Gasteiger partial charge in [-0.3, -0.25) is 0 Å². The van der Waals surface area contributed by atoms with Crippen LogP contribution in [0.15, 0.2) is 48.5 Å². The average Bonchev–Trinajstić information content (AvgIpc) is 2.31. The summed E-state index contributed by atoms with van der Waals surface area (Å²) in [6, 6.07) is 16.3. The number of hydrogen-bond donors (Lipinski definition) is 0. The molecule has 2 aromatic carbocycles. The maximum atomic E-state index is 11.7. The lowest BCUT2D eigenvalue weighted by Crippen LogP contribution is -2.08. The Kier molecular flexibility index (Phi) is 3.22. The second kappa shape index (κ2) is 4.81. The van der Waals surface area contributed by atoms with Gasteiger partial charge in [0.2, 0.25) is 0 Å². The number of benzene rings is 2. The van der Waals surface area contributed by atoms with E-state index in [0.717, 1.165) is 0 Å². The molecule has 3 heteroatoms. The van der Waals surface area contributed by atoms with Crippen LogP contribution in [0.25, 0.3) is 0 Å². The molecule has 0 aromatic heterocycles. The molecule has 0 aliphatic carbocycles. The van der Waals surface area contributed by atoms with Gasteiger partial charge in [0.05, 0.1) is 10.6 Å². The molecule has 0 spiro atoms. The van der Waals surface area contributed by atoms with Crippen LogP contribution in [0.2, 0.25) is 5.02 Å². The predicted molar refractivity (Wildman–Crippen MR) is 61.7 cm³/mol. The molecule has 79 valence electrons. The first-order valence-electron chi connectivity index (χ1n) is 4.70. The largest absolute Gasteiger partial charge is 0.423 e. The molecule has 0 saturated heterocycles. The van der Waals surface area contributed by atoms with Crippen LogP contribution in [-0.2, 0) is 0 Å². The van der Waals surface area contributed by atoms with E-state index in [4.69, 9.17) is 16.3 Å². The molecule has 0 aliphatic heterocycles. The molecule has 1 radical (unpaired) electrons. The third-order valence-corrected chi connectivity index (χ3v) is 2.32. The Morgan fingerprint density at radius 2 is 1.81 bits per heavy atom. The first kappa shape index (κ1) is 10.7. The SMILES string of the molecule is O=C(Oc1cc[c]cc1)c1ccccc1Cl. The lowest BCUT2D eigenvalue weighted by Gasteiger charge is -2.04. The maximum absolute atomic E-state index is 11.7. The van der Waals surface area contributed by atoms with Crippen LogP contribution in [0.1, 0.15) is 10.4 Å². The maximum Gasteiger partial charge on any atom is 0.345 e. The Hall–Kier alpha value is -1.80. The van der Waals surface area contributed by atoms with Crippen LogP contribution >= 0.6 is 11.6 Å². The van der Waals surface area contributed by atoms with Crippen LogP contribution in [0.5, 0.6) is 5.75 Å². The second-order valence-electron chi connectivity index (χ2n) is 3.11. The third kappa shape index (κ3) is 2.41. The molecule has 0 fully saturated rings. The van der Waals surface area contributed by atoms with Gasteiger partial charge in [0.1, 0.15) is 5.75 Å². The van der Waals surface area contributed by atoms with E-state index in [2.05, 4.69) is 6.07 Å². The molecule has 2 rings (SSSR count). The average molecular weight is 232 g/mol. The van der Waals surface area contributed by atoms with Crippen molar-refractivity contribution in [2.45, 2.75) is 0 Å². The first-order chi connectivity index (χ1) is 7.77. The molecule has 0 bridgehead atoms. The van der Waals surface area contributed by atoms with Gasteiger partial charge in [-0.05, 0) is 30.3 Å². The summed E-state index contributed by atoms with van der Waals surface area (Å²) in [5.74, 6) is 0.0143. The lowest BCUT2D eigenvalue weighted by atomic mass is 10.2. The molecular formula is C13H8ClO2. The Bertz CT molecular complexity index is 494. The zero-order valence-corrected chi connectivity index (χ0v) is 9.07. The Morgan fingerprint density at radius 1 is 1.12 bits per heavy atom. The molecular weight excluding hydrogens is 224 g/mol. The van der Waals surface area contributed by atoms with Crippen LogP contribution < -0.4 is 4.74 Å². The van der Waals surface area contributed by atoms with Crippen molar-refractivity contribution in [3.05, 3.63) is 65.2 Å². The van der Waals surface area contributed by atoms with Gasteiger partial charge in [-0.25, -0.2) is 4.79 Å². The van der Waals surface area contributed by atoms with E-state index >= 15 is 0 Å². The summed E-state index contributed by atoms with van der Waals surface area (Å²) in [4.78, 5) is 11.7. The fraction of sp³-hybridized carbons (Fsp3) is 0. The van der Waals surface area contributed by atoms with E-state index in [1.54, 1.807) is 48.5 Å². The minimum absolute atomic E-state index is 0.358. The monoisotopic (exact) mass is 231 g/mol. The van der Waals surface area contributed by atoms with Gasteiger partial charge in [0, 0.05) is 0 Å². The molecule has 2 nitrogen and oxygen atoms in total. The smallest absolute Gasteiger partial charge is 0.345 e. The van der Waals surface area contributed by atoms with Gasteiger partial charge in [-0.1, -0.05) is 35.9 Å². The molecule has 0 unspecified atom stereocenters. The number of ether oxygens (including phenoxy) is 1. The van der Waals surface area contributed by atoms with Crippen LogP contribution in [0.3, 0.4) is 0 Å². The summed E-state index contributed by atoms with van der Waals surface area (Å²) in [6.45, 7) is 0. The molecule has 0 N–H and O–H groups in total. The van der Waals surface area contributed by atoms with E-state index in [9.17, 15) is 4.79 Å². The highest BCUT2D eigenvalue weighted by Crippen LogP contribution is 2.18. The van der Waals surface area contributed by atoms with E-state index in [1.165, 1.54) is 0 Å². The zero-order valence-electron chi connectivity index (χ0n) is 8.31. The highest BCUT2D eigenvalue weighted by molar-refractivity contribution is 6.33. The van der Waals surface area contributed by atoms with Gasteiger partial charge in [0.25, 0.3) is 0 Å².